The third-order valence-corrected chi connectivity index (χ3v) is 5.16. The average Bonchev–Trinajstić information content (AvgIpc) is 3.27. The SMILES string of the molecule is CCCCC(CCC)N1C(=O)C(C)(C2CC2)NC(=O)C1C. The molecule has 3 atom stereocenters. The number of carbonyl (C=O) groups excluding carboxylic acids is 2. The number of rotatable bonds is 7. The van der Waals surface area contributed by atoms with Crippen LogP contribution in [0.3, 0.4) is 0 Å². The Morgan fingerprint density at radius 3 is 2.43 bits per heavy atom. The number of hydrogen-bond acceptors (Lipinski definition) is 2. The first-order valence-corrected chi connectivity index (χ1v) is 8.60. The number of nitrogens with one attached hydrogen (secondary N) is 1. The predicted molar refractivity (Wildman–Crippen MR) is 83.8 cm³/mol. The molecule has 2 amide bonds. The van der Waals surface area contributed by atoms with Gasteiger partial charge in [-0.05, 0) is 45.4 Å². The third-order valence-electron chi connectivity index (χ3n) is 5.16. The minimum absolute atomic E-state index is 0.0154. The van der Waals surface area contributed by atoms with E-state index in [1.165, 1.54) is 0 Å². The first kappa shape index (κ1) is 16.3. The van der Waals surface area contributed by atoms with E-state index in [0.717, 1.165) is 44.9 Å². The number of amides is 2. The van der Waals surface area contributed by atoms with E-state index in [1.54, 1.807) is 0 Å². The Labute approximate surface area is 128 Å². The average molecular weight is 294 g/mol. The molecule has 1 aliphatic heterocycles. The normalized spacial score (nSPS) is 31.2. The van der Waals surface area contributed by atoms with Crippen LogP contribution in [0.5, 0.6) is 0 Å². The minimum atomic E-state index is -0.665. The fourth-order valence-corrected chi connectivity index (χ4v) is 3.60. The smallest absolute Gasteiger partial charge is 0.249 e. The first-order chi connectivity index (χ1) is 9.95. The lowest BCUT2D eigenvalue weighted by Crippen LogP contribution is -2.71. The molecule has 120 valence electrons. The Morgan fingerprint density at radius 1 is 1.24 bits per heavy atom. The highest BCUT2D eigenvalue weighted by Gasteiger charge is 2.55. The number of carbonyl (C=O) groups is 2. The molecule has 1 saturated carbocycles. The molecule has 1 saturated heterocycles. The van der Waals surface area contributed by atoms with Gasteiger partial charge in [0.2, 0.25) is 11.8 Å². The van der Waals surface area contributed by atoms with Gasteiger partial charge in [0.1, 0.15) is 11.6 Å². The van der Waals surface area contributed by atoms with Crippen molar-refractivity contribution in [1.29, 1.82) is 0 Å². The van der Waals surface area contributed by atoms with Gasteiger partial charge in [0.05, 0.1) is 0 Å². The lowest BCUT2D eigenvalue weighted by atomic mass is 9.87. The second-order valence-corrected chi connectivity index (χ2v) is 6.94. The van der Waals surface area contributed by atoms with Crippen molar-refractivity contribution in [3.63, 3.8) is 0 Å². The van der Waals surface area contributed by atoms with E-state index in [0.29, 0.717) is 5.92 Å². The minimum Gasteiger partial charge on any atom is -0.340 e. The Kier molecular flexibility index (Phi) is 4.95. The molecule has 2 fully saturated rings. The van der Waals surface area contributed by atoms with Crippen molar-refractivity contribution in [3.8, 4) is 0 Å². The van der Waals surface area contributed by atoms with Gasteiger partial charge in [0.15, 0.2) is 0 Å². The second-order valence-electron chi connectivity index (χ2n) is 6.94. The Hall–Kier alpha value is -1.06. The quantitative estimate of drug-likeness (QED) is 0.785. The zero-order valence-electron chi connectivity index (χ0n) is 13.9. The van der Waals surface area contributed by atoms with E-state index < -0.39 is 5.54 Å². The van der Waals surface area contributed by atoms with Crippen LogP contribution < -0.4 is 5.32 Å². The van der Waals surface area contributed by atoms with Gasteiger partial charge in [-0.1, -0.05) is 33.1 Å². The van der Waals surface area contributed by atoms with Crippen molar-refractivity contribution >= 4 is 11.8 Å². The molecule has 0 aromatic rings. The number of nitrogens with zero attached hydrogens (tertiary/aromatic N) is 1. The molecule has 2 rings (SSSR count). The summed E-state index contributed by atoms with van der Waals surface area (Å²) in [6.07, 6.45) is 7.40. The molecule has 0 aromatic carbocycles. The Bertz CT molecular complexity index is 406. The van der Waals surface area contributed by atoms with Crippen molar-refractivity contribution in [2.45, 2.75) is 90.3 Å². The number of piperazine rings is 1. The fraction of sp³-hybridized carbons (Fsp3) is 0.882. The van der Waals surface area contributed by atoms with Crippen molar-refractivity contribution in [2.24, 2.45) is 5.92 Å². The molecule has 21 heavy (non-hydrogen) atoms. The molecule has 0 aromatic heterocycles. The second kappa shape index (κ2) is 6.37. The van der Waals surface area contributed by atoms with E-state index in [-0.39, 0.29) is 23.9 Å². The molecule has 1 N–H and O–H groups in total. The molecular weight excluding hydrogens is 264 g/mol. The molecule has 4 nitrogen and oxygen atoms in total. The molecule has 4 heteroatoms. The van der Waals surface area contributed by atoms with E-state index in [4.69, 9.17) is 0 Å². The Balaban J connectivity index is 2.23. The topological polar surface area (TPSA) is 49.4 Å². The molecule has 1 aliphatic carbocycles. The van der Waals surface area contributed by atoms with Crippen molar-refractivity contribution < 1.29 is 9.59 Å². The van der Waals surface area contributed by atoms with E-state index in [2.05, 4.69) is 19.2 Å². The van der Waals surface area contributed by atoms with Gasteiger partial charge >= 0.3 is 0 Å². The number of hydrogen-bond donors (Lipinski definition) is 1. The first-order valence-electron chi connectivity index (χ1n) is 8.60. The van der Waals surface area contributed by atoms with E-state index in [1.807, 2.05) is 18.7 Å². The van der Waals surface area contributed by atoms with Crippen LogP contribution in [0, 0.1) is 5.92 Å². The van der Waals surface area contributed by atoms with Gasteiger partial charge in [-0.3, -0.25) is 9.59 Å². The molecule has 0 radical (unpaired) electrons. The summed E-state index contributed by atoms with van der Waals surface area (Å²) in [5, 5.41) is 3.01. The van der Waals surface area contributed by atoms with Crippen LogP contribution in [0.25, 0.3) is 0 Å². The number of unbranched alkanes of at least 4 members (excludes halogenated alkanes) is 1. The maximum Gasteiger partial charge on any atom is 0.249 e. The molecular formula is C17H30N2O2. The zero-order chi connectivity index (χ0) is 15.6. The summed E-state index contributed by atoms with van der Waals surface area (Å²) in [6.45, 7) is 8.12. The van der Waals surface area contributed by atoms with Crippen molar-refractivity contribution in [2.75, 3.05) is 0 Å². The van der Waals surface area contributed by atoms with Gasteiger partial charge in [-0.15, -0.1) is 0 Å². The van der Waals surface area contributed by atoms with Gasteiger partial charge in [-0.25, -0.2) is 0 Å². The summed E-state index contributed by atoms with van der Waals surface area (Å²) in [5.41, 5.74) is -0.665. The highest BCUT2D eigenvalue weighted by atomic mass is 16.2. The monoisotopic (exact) mass is 294 g/mol. The predicted octanol–water partition coefficient (Wildman–Crippen LogP) is 2.86. The maximum atomic E-state index is 13.1. The third kappa shape index (κ3) is 3.09. The Morgan fingerprint density at radius 2 is 1.90 bits per heavy atom. The van der Waals surface area contributed by atoms with Crippen molar-refractivity contribution in [3.05, 3.63) is 0 Å². The summed E-state index contributed by atoms with van der Waals surface area (Å²) >= 11 is 0. The van der Waals surface area contributed by atoms with Crippen LogP contribution in [0.15, 0.2) is 0 Å². The lowest BCUT2D eigenvalue weighted by molar-refractivity contribution is -0.158. The van der Waals surface area contributed by atoms with Crippen LogP contribution >= 0.6 is 0 Å². The van der Waals surface area contributed by atoms with Gasteiger partial charge < -0.3 is 10.2 Å². The van der Waals surface area contributed by atoms with Crippen LogP contribution in [0.4, 0.5) is 0 Å². The molecule has 2 aliphatic rings. The fourth-order valence-electron chi connectivity index (χ4n) is 3.60. The van der Waals surface area contributed by atoms with Crippen LogP contribution in [0.2, 0.25) is 0 Å². The lowest BCUT2D eigenvalue weighted by Gasteiger charge is -2.47. The molecule has 1 heterocycles. The summed E-state index contributed by atoms with van der Waals surface area (Å²) in [5.74, 6) is 0.491. The van der Waals surface area contributed by atoms with E-state index >= 15 is 0 Å². The largest absolute Gasteiger partial charge is 0.340 e. The van der Waals surface area contributed by atoms with E-state index in [9.17, 15) is 9.59 Å². The summed E-state index contributed by atoms with van der Waals surface area (Å²) in [4.78, 5) is 27.4. The van der Waals surface area contributed by atoms with Crippen LogP contribution in [-0.4, -0.2) is 34.3 Å². The van der Waals surface area contributed by atoms with Gasteiger partial charge in [0.25, 0.3) is 0 Å². The highest BCUT2D eigenvalue weighted by Crippen LogP contribution is 2.43. The van der Waals surface area contributed by atoms with Crippen LogP contribution in [-0.2, 0) is 9.59 Å². The molecule has 3 unspecified atom stereocenters. The zero-order valence-corrected chi connectivity index (χ0v) is 13.9. The van der Waals surface area contributed by atoms with Crippen LogP contribution in [0.1, 0.15) is 72.6 Å². The highest BCUT2D eigenvalue weighted by molar-refractivity contribution is 6.00. The van der Waals surface area contributed by atoms with Gasteiger partial charge in [-0.2, -0.15) is 0 Å². The van der Waals surface area contributed by atoms with Crippen molar-refractivity contribution in [1.82, 2.24) is 10.2 Å². The standard InChI is InChI=1S/C17H30N2O2/c1-5-7-9-14(8-6-2)19-12(3)15(20)18-17(4,16(19)21)13-10-11-13/h12-14H,5-11H2,1-4H3,(H,18,20). The summed E-state index contributed by atoms with van der Waals surface area (Å²) in [6, 6.07) is -0.126. The van der Waals surface area contributed by atoms with Gasteiger partial charge in [0, 0.05) is 6.04 Å². The maximum absolute atomic E-state index is 13.1. The summed E-state index contributed by atoms with van der Waals surface area (Å²) in [7, 11) is 0. The molecule has 0 spiro atoms. The summed E-state index contributed by atoms with van der Waals surface area (Å²) < 4.78 is 0. The molecule has 0 bridgehead atoms.